The molecule has 1 unspecified atom stereocenters. The van der Waals surface area contributed by atoms with Gasteiger partial charge in [-0.3, -0.25) is 9.59 Å². The number of halogens is 5. The number of nitrogens with one attached hydrogen (secondary N) is 1. The van der Waals surface area contributed by atoms with Crippen LogP contribution in [-0.4, -0.2) is 63.4 Å². The van der Waals surface area contributed by atoms with Gasteiger partial charge in [0.25, 0.3) is 5.91 Å². The van der Waals surface area contributed by atoms with Crippen LogP contribution in [0.3, 0.4) is 0 Å². The van der Waals surface area contributed by atoms with Gasteiger partial charge in [0.05, 0.1) is 17.9 Å². The molecule has 0 bridgehead atoms. The Morgan fingerprint density at radius 2 is 1.67 bits per heavy atom. The van der Waals surface area contributed by atoms with Gasteiger partial charge in [-0.2, -0.15) is 13.2 Å². The number of fused-ring (bicyclic) bond motifs is 1. The van der Waals surface area contributed by atoms with Crippen molar-refractivity contribution in [2.45, 2.75) is 57.2 Å². The molecule has 2 saturated heterocycles. The number of likely N-dealkylation sites (tertiary alicyclic amines) is 2. The number of carbonyl (C=O) groups is 2. The van der Waals surface area contributed by atoms with E-state index in [4.69, 9.17) is 23.2 Å². The molecule has 2 fully saturated rings. The molecule has 3 heterocycles. The van der Waals surface area contributed by atoms with Gasteiger partial charge >= 0.3 is 6.18 Å². The Kier molecular flexibility index (Phi) is 8.00. The van der Waals surface area contributed by atoms with Crippen LogP contribution in [-0.2, 0) is 24.1 Å². The average Bonchev–Trinajstić information content (AvgIpc) is 3.60. The third kappa shape index (κ3) is 5.78. The standard InChI is InChI=1S/C31H31Cl2F3N4O2/c32-25-14-21(18-1-3-19(4-2-18)29(41)39-10-8-22(9-11-39)31(34,35)36)15-26(33)24(25)13-20-7-12-40(30(20)42)23-5-6-27-28(16-23)38-17-37-27/h1-4,14-15,17,20,22-23H,5-13,16H2,(H,37,38)/t20-,23?/m0/s1. The number of piperidine rings is 1. The largest absolute Gasteiger partial charge is 0.391 e. The molecular formula is C31H31Cl2F3N4O2. The van der Waals surface area contributed by atoms with Crippen LogP contribution in [0.25, 0.3) is 11.1 Å². The fraction of sp³-hybridized carbons (Fsp3) is 0.452. The van der Waals surface area contributed by atoms with Crippen molar-refractivity contribution in [1.82, 2.24) is 19.8 Å². The van der Waals surface area contributed by atoms with Crippen molar-refractivity contribution in [2.75, 3.05) is 19.6 Å². The fourth-order valence-electron chi connectivity index (χ4n) is 6.57. The quantitative estimate of drug-likeness (QED) is 0.344. The molecule has 11 heteroatoms. The van der Waals surface area contributed by atoms with Crippen LogP contribution in [0.1, 0.15) is 53.0 Å². The van der Waals surface area contributed by atoms with Crippen molar-refractivity contribution in [1.29, 1.82) is 0 Å². The summed E-state index contributed by atoms with van der Waals surface area (Å²) >= 11 is 13.4. The highest BCUT2D eigenvalue weighted by Crippen LogP contribution is 2.37. The third-order valence-corrected chi connectivity index (χ3v) is 9.73. The van der Waals surface area contributed by atoms with Crippen molar-refractivity contribution < 1.29 is 22.8 Å². The van der Waals surface area contributed by atoms with Gasteiger partial charge in [0.1, 0.15) is 0 Å². The van der Waals surface area contributed by atoms with Crippen molar-refractivity contribution in [3.8, 4) is 11.1 Å². The number of nitrogens with zero attached hydrogens (tertiary/aromatic N) is 3. The minimum atomic E-state index is -4.22. The summed E-state index contributed by atoms with van der Waals surface area (Å²) in [7, 11) is 0. The number of imidazole rings is 1. The highest BCUT2D eigenvalue weighted by molar-refractivity contribution is 6.36. The number of rotatable bonds is 5. The van der Waals surface area contributed by atoms with Gasteiger partial charge in [-0.1, -0.05) is 35.3 Å². The first-order valence-electron chi connectivity index (χ1n) is 14.3. The molecular weight excluding hydrogens is 588 g/mol. The van der Waals surface area contributed by atoms with Gasteiger partial charge in [0.15, 0.2) is 0 Å². The van der Waals surface area contributed by atoms with E-state index in [1.54, 1.807) is 30.6 Å². The SMILES string of the molecule is O=C(c1ccc(-c2cc(Cl)c(C[C@@H]3CCN(C4CCc5nc[nH]c5C4)C3=O)c(Cl)c2)cc1)N1CCC(C(F)(F)F)CC1. The maximum atomic E-state index is 13.4. The summed E-state index contributed by atoms with van der Waals surface area (Å²) in [5, 5.41) is 0.965. The zero-order valence-electron chi connectivity index (χ0n) is 22.9. The Morgan fingerprint density at radius 1 is 0.976 bits per heavy atom. The van der Waals surface area contributed by atoms with Crippen molar-refractivity contribution >= 4 is 35.0 Å². The van der Waals surface area contributed by atoms with Crippen molar-refractivity contribution in [3.63, 3.8) is 0 Å². The second kappa shape index (κ2) is 11.6. The van der Waals surface area contributed by atoms with Crippen LogP contribution in [0.5, 0.6) is 0 Å². The van der Waals surface area contributed by atoms with Crippen LogP contribution in [0.2, 0.25) is 10.0 Å². The smallest absolute Gasteiger partial charge is 0.348 e. The summed E-state index contributed by atoms with van der Waals surface area (Å²) in [5.41, 5.74) is 4.96. The second-order valence-electron chi connectivity index (χ2n) is 11.5. The molecule has 2 atom stereocenters. The maximum Gasteiger partial charge on any atom is 0.391 e. The molecule has 0 radical (unpaired) electrons. The molecule has 3 aliphatic rings. The van der Waals surface area contributed by atoms with Gasteiger partial charge in [-0.25, -0.2) is 4.98 Å². The highest BCUT2D eigenvalue weighted by Gasteiger charge is 2.42. The van der Waals surface area contributed by atoms with Crippen LogP contribution >= 0.6 is 23.2 Å². The molecule has 1 aromatic heterocycles. The normalized spacial score (nSPS) is 21.6. The minimum Gasteiger partial charge on any atom is -0.348 e. The summed E-state index contributed by atoms with van der Waals surface area (Å²) in [6.45, 7) is 0.894. The molecule has 0 spiro atoms. The van der Waals surface area contributed by atoms with E-state index in [1.165, 1.54) is 4.90 Å². The van der Waals surface area contributed by atoms with Crippen LogP contribution in [0, 0.1) is 11.8 Å². The predicted molar refractivity (Wildman–Crippen MR) is 155 cm³/mol. The van der Waals surface area contributed by atoms with Crippen LogP contribution in [0.4, 0.5) is 13.2 Å². The van der Waals surface area contributed by atoms with E-state index in [1.807, 2.05) is 17.0 Å². The van der Waals surface area contributed by atoms with E-state index in [-0.39, 0.29) is 49.7 Å². The Labute approximate surface area is 252 Å². The zero-order chi connectivity index (χ0) is 29.6. The molecule has 6 rings (SSSR count). The summed E-state index contributed by atoms with van der Waals surface area (Å²) in [5.74, 6) is -1.67. The lowest BCUT2D eigenvalue weighted by Crippen LogP contribution is -2.42. The van der Waals surface area contributed by atoms with E-state index >= 15 is 0 Å². The molecule has 0 saturated carbocycles. The number of H-pyrrole nitrogens is 1. The number of amides is 2. The first kappa shape index (κ1) is 29.1. The Balaban J connectivity index is 1.09. The number of carbonyl (C=O) groups excluding carboxylic acids is 2. The number of aromatic amines is 1. The van der Waals surface area contributed by atoms with Crippen molar-refractivity contribution in [2.24, 2.45) is 11.8 Å². The Bertz CT molecular complexity index is 1460. The monoisotopic (exact) mass is 618 g/mol. The molecule has 42 heavy (non-hydrogen) atoms. The Hall–Kier alpha value is -3.04. The summed E-state index contributed by atoms with van der Waals surface area (Å²) in [6, 6.07) is 10.7. The maximum absolute atomic E-state index is 13.4. The van der Waals surface area contributed by atoms with E-state index in [9.17, 15) is 22.8 Å². The molecule has 6 nitrogen and oxygen atoms in total. The van der Waals surface area contributed by atoms with Crippen LogP contribution < -0.4 is 0 Å². The third-order valence-electron chi connectivity index (χ3n) is 9.06. The van der Waals surface area contributed by atoms with Gasteiger partial charge in [0.2, 0.25) is 5.91 Å². The average molecular weight is 620 g/mol. The fourth-order valence-corrected chi connectivity index (χ4v) is 7.21. The number of aromatic nitrogens is 2. The number of aryl methyl sites for hydroxylation is 1. The molecule has 1 N–H and O–H groups in total. The number of hydrogen-bond acceptors (Lipinski definition) is 3. The minimum absolute atomic E-state index is 0.0756. The van der Waals surface area contributed by atoms with Gasteiger partial charge < -0.3 is 14.8 Å². The summed E-state index contributed by atoms with van der Waals surface area (Å²) in [4.78, 5) is 37.3. The van der Waals surface area contributed by atoms with E-state index in [0.717, 1.165) is 60.3 Å². The predicted octanol–water partition coefficient (Wildman–Crippen LogP) is 6.75. The van der Waals surface area contributed by atoms with E-state index in [2.05, 4.69) is 9.97 Å². The van der Waals surface area contributed by atoms with Crippen molar-refractivity contribution in [3.05, 3.63) is 75.3 Å². The van der Waals surface area contributed by atoms with Gasteiger partial charge in [0, 0.05) is 59.3 Å². The number of hydrogen-bond donors (Lipinski definition) is 1. The zero-order valence-corrected chi connectivity index (χ0v) is 24.4. The molecule has 3 aromatic rings. The summed E-state index contributed by atoms with van der Waals surface area (Å²) < 4.78 is 38.9. The van der Waals surface area contributed by atoms with E-state index in [0.29, 0.717) is 22.0 Å². The molecule has 2 aromatic carbocycles. The first-order chi connectivity index (χ1) is 20.1. The second-order valence-corrected chi connectivity index (χ2v) is 12.4. The molecule has 2 amide bonds. The molecule has 2 aliphatic heterocycles. The lowest BCUT2D eigenvalue weighted by molar-refractivity contribution is -0.183. The topological polar surface area (TPSA) is 69.3 Å². The first-order valence-corrected chi connectivity index (χ1v) is 15.1. The number of alkyl halides is 3. The van der Waals surface area contributed by atoms with Gasteiger partial charge in [-0.05, 0) is 79.5 Å². The number of benzene rings is 2. The lowest BCUT2D eigenvalue weighted by atomic mass is 9.94. The highest BCUT2D eigenvalue weighted by atomic mass is 35.5. The van der Waals surface area contributed by atoms with E-state index < -0.39 is 12.1 Å². The van der Waals surface area contributed by atoms with Crippen LogP contribution in [0.15, 0.2) is 42.7 Å². The molecule has 222 valence electrons. The van der Waals surface area contributed by atoms with Gasteiger partial charge in [-0.15, -0.1) is 0 Å². The summed E-state index contributed by atoms with van der Waals surface area (Å²) in [6.07, 6.45) is 1.14. The Morgan fingerprint density at radius 3 is 2.33 bits per heavy atom. The lowest BCUT2D eigenvalue weighted by Gasteiger charge is -2.33. The molecule has 1 aliphatic carbocycles.